The van der Waals surface area contributed by atoms with Gasteiger partial charge in [0.1, 0.15) is 11.5 Å². The first-order valence-electron chi connectivity index (χ1n) is 9.44. The van der Waals surface area contributed by atoms with E-state index in [0.29, 0.717) is 24.5 Å². The molecule has 1 aromatic carbocycles. The summed E-state index contributed by atoms with van der Waals surface area (Å²) in [5, 5.41) is 7.35. The van der Waals surface area contributed by atoms with Crippen molar-refractivity contribution in [3.63, 3.8) is 0 Å². The van der Waals surface area contributed by atoms with Gasteiger partial charge in [0.05, 0.1) is 0 Å². The maximum Gasteiger partial charge on any atom is 0.272 e. The Hall–Kier alpha value is -2.21. The summed E-state index contributed by atoms with van der Waals surface area (Å²) in [6.07, 6.45) is 5.54. The van der Waals surface area contributed by atoms with E-state index in [9.17, 15) is 9.18 Å². The molecule has 5 nitrogen and oxygen atoms in total. The first-order chi connectivity index (χ1) is 12.7. The number of ether oxygens (including phenoxy) is 1. The van der Waals surface area contributed by atoms with Crippen LogP contribution in [0.1, 0.15) is 54.4 Å². The van der Waals surface area contributed by atoms with Crippen molar-refractivity contribution in [2.45, 2.75) is 45.4 Å². The van der Waals surface area contributed by atoms with Crippen molar-refractivity contribution >= 4 is 5.91 Å². The maximum atomic E-state index is 14.2. The highest BCUT2D eigenvalue weighted by Gasteiger charge is 2.27. The van der Waals surface area contributed by atoms with Crippen LogP contribution in [0.2, 0.25) is 0 Å². The second kappa shape index (κ2) is 8.94. The number of carbonyl (C=O) groups is 1. The van der Waals surface area contributed by atoms with Gasteiger partial charge in [-0.25, -0.2) is 9.07 Å². The van der Waals surface area contributed by atoms with E-state index >= 15 is 0 Å². The molecule has 1 amide bonds. The van der Waals surface area contributed by atoms with E-state index in [-0.39, 0.29) is 11.7 Å². The number of aromatic nitrogens is 2. The molecule has 3 rings (SSSR count). The Morgan fingerprint density at radius 3 is 2.88 bits per heavy atom. The Kier molecular flexibility index (Phi) is 6.39. The highest BCUT2D eigenvalue weighted by atomic mass is 19.1. The van der Waals surface area contributed by atoms with E-state index in [1.54, 1.807) is 22.9 Å². The van der Waals surface area contributed by atoms with E-state index in [1.807, 2.05) is 0 Å². The van der Waals surface area contributed by atoms with E-state index < -0.39 is 0 Å². The van der Waals surface area contributed by atoms with Gasteiger partial charge in [0, 0.05) is 31.0 Å². The van der Waals surface area contributed by atoms with Crippen LogP contribution in [0.5, 0.6) is 0 Å². The monoisotopic (exact) mass is 359 g/mol. The van der Waals surface area contributed by atoms with Gasteiger partial charge >= 0.3 is 0 Å². The summed E-state index contributed by atoms with van der Waals surface area (Å²) < 4.78 is 21.3. The molecule has 1 heterocycles. The number of hydrogen-bond donors (Lipinski definition) is 1. The van der Waals surface area contributed by atoms with Crippen molar-refractivity contribution in [1.29, 1.82) is 0 Å². The van der Waals surface area contributed by atoms with Crippen molar-refractivity contribution in [2.75, 3.05) is 19.8 Å². The number of halogens is 1. The standard InChI is InChI=1S/C20H26FN3O2/c1-2-3-13-26-14-7-12-22-20(25)19-15-8-6-11-17(15)24(23-19)18-10-5-4-9-16(18)21/h4-5,9-10H,2-3,6-8,11-14H2,1H3,(H,22,25). The van der Waals surface area contributed by atoms with Crippen LogP contribution in [0, 0.1) is 5.82 Å². The van der Waals surface area contributed by atoms with E-state index in [4.69, 9.17) is 4.74 Å². The van der Waals surface area contributed by atoms with Gasteiger partial charge in [-0.1, -0.05) is 25.5 Å². The second-order valence-electron chi connectivity index (χ2n) is 6.57. The lowest BCUT2D eigenvalue weighted by Crippen LogP contribution is -2.26. The first kappa shape index (κ1) is 18.6. The van der Waals surface area contributed by atoms with E-state index in [0.717, 1.165) is 56.4 Å². The zero-order valence-electron chi connectivity index (χ0n) is 15.3. The minimum Gasteiger partial charge on any atom is -0.381 e. The van der Waals surface area contributed by atoms with Gasteiger partial charge in [0.15, 0.2) is 5.69 Å². The number of nitrogens with one attached hydrogen (secondary N) is 1. The number of fused-ring (bicyclic) bond motifs is 1. The van der Waals surface area contributed by atoms with Gasteiger partial charge in [-0.15, -0.1) is 0 Å². The average Bonchev–Trinajstić information content (AvgIpc) is 3.24. The molecule has 0 radical (unpaired) electrons. The minimum atomic E-state index is -0.333. The third-order valence-corrected chi connectivity index (χ3v) is 4.62. The van der Waals surface area contributed by atoms with Gasteiger partial charge in [0.25, 0.3) is 5.91 Å². The molecule has 0 bridgehead atoms. The Balaban J connectivity index is 1.64. The normalized spacial score (nSPS) is 13.0. The van der Waals surface area contributed by atoms with Crippen LogP contribution in [-0.2, 0) is 17.6 Å². The van der Waals surface area contributed by atoms with E-state index in [1.165, 1.54) is 6.07 Å². The number of amides is 1. The number of unbranched alkanes of at least 4 members (excludes halogenated alkanes) is 1. The highest BCUT2D eigenvalue weighted by Crippen LogP contribution is 2.28. The molecule has 0 saturated heterocycles. The summed E-state index contributed by atoms with van der Waals surface area (Å²) in [4.78, 5) is 12.5. The van der Waals surface area contributed by atoms with Crippen molar-refractivity contribution in [2.24, 2.45) is 0 Å². The lowest BCUT2D eigenvalue weighted by atomic mass is 10.2. The van der Waals surface area contributed by atoms with Crippen LogP contribution in [-0.4, -0.2) is 35.4 Å². The zero-order chi connectivity index (χ0) is 18.4. The smallest absolute Gasteiger partial charge is 0.272 e. The molecule has 26 heavy (non-hydrogen) atoms. The fourth-order valence-electron chi connectivity index (χ4n) is 3.25. The molecule has 0 unspecified atom stereocenters. The van der Waals surface area contributed by atoms with E-state index in [2.05, 4.69) is 17.3 Å². The molecule has 1 aliphatic carbocycles. The molecule has 0 spiro atoms. The molecule has 2 aromatic rings. The van der Waals surface area contributed by atoms with Gasteiger partial charge in [0.2, 0.25) is 0 Å². The quantitative estimate of drug-likeness (QED) is 0.698. The fourth-order valence-corrected chi connectivity index (χ4v) is 3.25. The lowest BCUT2D eigenvalue weighted by Gasteiger charge is -2.07. The van der Waals surface area contributed by atoms with Crippen LogP contribution < -0.4 is 5.32 Å². The predicted octanol–water partition coefficient (Wildman–Crippen LogP) is 3.44. The van der Waals surface area contributed by atoms with Crippen LogP contribution in [0.15, 0.2) is 24.3 Å². The van der Waals surface area contributed by atoms with Crippen LogP contribution in [0.25, 0.3) is 5.69 Å². The third-order valence-electron chi connectivity index (χ3n) is 4.62. The van der Waals surface area contributed by atoms with Gasteiger partial charge in [-0.05, 0) is 44.2 Å². The number of rotatable bonds is 9. The van der Waals surface area contributed by atoms with Gasteiger partial charge in [-0.3, -0.25) is 4.79 Å². The first-order valence-corrected chi connectivity index (χ1v) is 9.44. The summed E-state index contributed by atoms with van der Waals surface area (Å²) in [5.74, 6) is -0.521. The maximum absolute atomic E-state index is 14.2. The van der Waals surface area contributed by atoms with Crippen molar-refractivity contribution in [3.8, 4) is 5.69 Å². The number of carbonyl (C=O) groups excluding carboxylic acids is 1. The van der Waals surface area contributed by atoms with Crippen molar-refractivity contribution in [3.05, 3.63) is 47.0 Å². The zero-order valence-corrected chi connectivity index (χ0v) is 15.3. The number of nitrogens with zero attached hydrogens (tertiary/aromatic N) is 2. The Morgan fingerprint density at radius 1 is 1.27 bits per heavy atom. The molecule has 1 N–H and O–H groups in total. The second-order valence-corrected chi connectivity index (χ2v) is 6.57. The summed E-state index contributed by atoms with van der Waals surface area (Å²) >= 11 is 0. The average molecular weight is 359 g/mol. The molecule has 0 fully saturated rings. The number of benzene rings is 1. The SMILES string of the molecule is CCCCOCCCNC(=O)c1nn(-c2ccccc2F)c2c1CCC2. The van der Waals surface area contributed by atoms with Crippen LogP contribution in [0.3, 0.4) is 0 Å². The van der Waals surface area contributed by atoms with Gasteiger partial charge in [-0.2, -0.15) is 5.10 Å². The molecule has 140 valence electrons. The van der Waals surface area contributed by atoms with Crippen LogP contribution in [0.4, 0.5) is 4.39 Å². The minimum absolute atomic E-state index is 0.188. The summed E-state index contributed by atoms with van der Waals surface area (Å²) in [6.45, 7) is 4.09. The van der Waals surface area contributed by atoms with Crippen LogP contribution >= 0.6 is 0 Å². The summed E-state index contributed by atoms with van der Waals surface area (Å²) in [5.41, 5.74) is 2.72. The molecule has 1 aliphatic rings. The summed E-state index contributed by atoms with van der Waals surface area (Å²) in [6, 6.07) is 6.53. The fraction of sp³-hybridized carbons (Fsp3) is 0.500. The predicted molar refractivity (Wildman–Crippen MR) is 98.2 cm³/mol. The van der Waals surface area contributed by atoms with Crippen molar-refractivity contribution < 1.29 is 13.9 Å². The Labute approximate surface area is 153 Å². The Morgan fingerprint density at radius 2 is 2.08 bits per heavy atom. The number of para-hydroxylation sites is 1. The molecule has 1 aromatic heterocycles. The van der Waals surface area contributed by atoms with Gasteiger partial charge < -0.3 is 10.1 Å². The summed E-state index contributed by atoms with van der Waals surface area (Å²) in [7, 11) is 0. The molecular weight excluding hydrogens is 333 g/mol. The molecule has 0 atom stereocenters. The molecule has 0 saturated carbocycles. The molecule has 6 heteroatoms. The number of hydrogen-bond acceptors (Lipinski definition) is 3. The highest BCUT2D eigenvalue weighted by molar-refractivity contribution is 5.94. The van der Waals surface area contributed by atoms with Crippen molar-refractivity contribution in [1.82, 2.24) is 15.1 Å². The molecular formula is C20H26FN3O2. The Bertz CT molecular complexity index is 758. The molecule has 0 aliphatic heterocycles. The topological polar surface area (TPSA) is 56.1 Å². The third kappa shape index (κ3) is 4.12. The largest absolute Gasteiger partial charge is 0.381 e. The lowest BCUT2D eigenvalue weighted by molar-refractivity contribution is 0.0934.